The van der Waals surface area contributed by atoms with E-state index >= 15 is 0 Å². The van der Waals surface area contributed by atoms with Crippen LogP contribution in [0.25, 0.3) is 0 Å². The molecule has 0 aromatic carbocycles. The van der Waals surface area contributed by atoms with E-state index in [9.17, 15) is 5.11 Å². The Kier molecular flexibility index (Phi) is 4.62. The number of ether oxygens (including phenoxy) is 2. The van der Waals surface area contributed by atoms with Gasteiger partial charge in [-0.15, -0.1) is 0 Å². The molecule has 31 heavy (non-hydrogen) atoms. The molecule has 2 heterocycles. The Morgan fingerprint density at radius 2 is 1.71 bits per heavy atom. The van der Waals surface area contributed by atoms with Crippen LogP contribution in [0.5, 0.6) is 0 Å². The lowest BCUT2D eigenvalue weighted by Crippen LogP contribution is -2.58. The first-order chi connectivity index (χ1) is 14.6. The van der Waals surface area contributed by atoms with E-state index in [2.05, 4.69) is 27.7 Å². The summed E-state index contributed by atoms with van der Waals surface area (Å²) in [5.41, 5.74) is 6.03. The van der Waals surface area contributed by atoms with Gasteiger partial charge in [-0.3, -0.25) is 0 Å². The molecule has 176 valence electrons. The maximum Gasteiger partial charge on any atom is 0.171 e. The van der Waals surface area contributed by atoms with E-state index in [0.29, 0.717) is 40.6 Å². The van der Waals surface area contributed by atoms with Crippen molar-refractivity contribution in [1.29, 1.82) is 0 Å². The molecule has 2 aliphatic heterocycles. The Balaban J connectivity index is 1.25. The summed E-state index contributed by atoms with van der Waals surface area (Å²) in [4.78, 5) is 0. The van der Waals surface area contributed by atoms with Crippen LogP contribution in [0, 0.1) is 52.3 Å². The van der Waals surface area contributed by atoms with Crippen LogP contribution in [0.2, 0.25) is 0 Å². The minimum absolute atomic E-state index is 0.300. The van der Waals surface area contributed by atoms with Gasteiger partial charge in [0.2, 0.25) is 0 Å². The third kappa shape index (κ3) is 2.87. The van der Waals surface area contributed by atoms with Crippen molar-refractivity contribution in [3.05, 3.63) is 0 Å². The second-order valence-electron chi connectivity index (χ2n) is 13.5. The van der Waals surface area contributed by atoms with Crippen molar-refractivity contribution in [3.8, 4) is 0 Å². The van der Waals surface area contributed by atoms with Gasteiger partial charge in [-0.2, -0.15) is 0 Å². The molecule has 1 spiro atoms. The molecule has 4 heteroatoms. The average Bonchev–Trinajstić information content (AvgIpc) is 3.16. The molecule has 0 unspecified atom stereocenters. The van der Waals surface area contributed by atoms with Crippen LogP contribution in [0.3, 0.4) is 0 Å². The molecule has 0 aromatic heterocycles. The molecule has 6 aliphatic rings. The van der Waals surface area contributed by atoms with Crippen molar-refractivity contribution >= 4 is 0 Å². The summed E-state index contributed by atoms with van der Waals surface area (Å²) in [5.74, 6) is 4.54. The lowest BCUT2D eigenvalue weighted by molar-refractivity contribution is -0.273. The third-order valence-corrected chi connectivity index (χ3v) is 12.0. The van der Waals surface area contributed by atoms with Crippen molar-refractivity contribution in [1.82, 2.24) is 0 Å². The summed E-state index contributed by atoms with van der Waals surface area (Å²) in [7, 11) is 0. The van der Waals surface area contributed by atoms with Gasteiger partial charge in [0.25, 0.3) is 0 Å². The van der Waals surface area contributed by atoms with E-state index in [0.717, 1.165) is 50.0 Å². The number of aliphatic hydroxyl groups is 1. The SMILES string of the molecule is C[C@H]1CC[C@@]2(OC1)O[C@H]1C[C@H]3[C@@H]4CC[C@@H]5C[C@@](N)(O)CC[C@]5(C)[C@H]4CC[C@]3(C)[C@H]1[C@@H]2C. The Morgan fingerprint density at radius 3 is 2.45 bits per heavy atom. The number of rotatable bonds is 0. The molecule has 0 aromatic rings. The first-order valence-electron chi connectivity index (χ1n) is 13.4. The van der Waals surface area contributed by atoms with Crippen molar-refractivity contribution in [3.63, 3.8) is 0 Å². The number of hydrogen-bond donors (Lipinski definition) is 2. The largest absolute Gasteiger partial charge is 0.376 e. The fourth-order valence-corrected chi connectivity index (χ4v) is 10.3. The number of nitrogens with two attached hydrogens (primary N) is 1. The molecule has 6 rings (SSSR count). The van der Waals surface area contributed by atoms with Gasteiger partial charge in [-0.25, -0.2) is 0 Å². The smallest absolute Gasteiger partial charge is 0.171 e. The summed E-state index contributed by atoms with van der Waals surface area (Å²) in [6.07, 6.45) is 11.9. The summed E-state index contributed by atoms with van der Waals surface area (Å²) in [6.45, 7) is 10.8. The Hall–Kier alpha value is -0.160. The topological polar surface area (TPSA) is 64.7 Å². The molecule has 0 bridgehead atoms. The highest BCUT2D eigenvalue weighted by atomic mass is 16.7. The monoisotopic (exact) mass is 431 g/mol. The van der Waals surface area contributed by atoms with Crippen LogP contribution in [-0.2, 0) is 9.47 Å². The molecule has 4 nitrogen and oxygen atoms in total. The quantitative estimate of drug-likeness (QED) is 0.525. The van der Waals surface area contributed by atoms with Gasteiger partial charge in [0, 0.05) is 12.3 Å². The Morgan fingerprint density at radius 1 is 0.903 bits per heavy atom. The lowest BCUT2D eigenvalue weighted by Gasteiger charge is -2.62. The molecule has 2 saturated heterocycles. The first kappa shape index (κ1) is 21.4. The van der Waals surface area contributed by atoms with E-state index in [-0.39, 0.29) is 5.79 Å². The van der Waals surface area contributed by atoms with E-state index in [1.807, 2.05) is 0 Å². The van der Waals surface area contributed by atoms with E-state index < -0.39 is 5.72 Å². The second kappa shape index (κ2) is 6.71. The minimum atomic E-state index is -0.931. The molecule has 0 radical (unpaired) electrons. The molecule has 3 N–H and O–H groups in total. The van der Waals surface area contributed by atoms with Crippen LogP contribution in [0.1, 0.15) is 91.9 Å². The van der Waals surface area contributed by atoms with Gasteiger partial charge < -0.3 is 20.3 Å². The predicted octanol–water partition coefficient (Wildman–Crippen LogP) is 5.08. The van der Waals surface area contributed by atoms with Gasteiger partial charge in [0.05, 0.1) is 12.7 Å². The highest BCUT2D eigenvalue weighted by Gasteiger charge is 2.69. The van der Waals surface area contributed by atoms with E-state index in [1.54, 1.807) is 0 Å². The van der Waals surface area contributed by atoms with Crippen LogP contribution < -0.4 is 5.73 Å². The average molecular weight is 432 g/mol. The maximum atomic E-state index is 10.5. The summed E-state index contributed by atoms with van der Waals surface area (Å²) in [6, 6.07) is 0. The van der Waals surface area contributed by atoms with Crippen molar-refractivity contribution in [2.75, 3.05) is 6.61 Å². The van der Waals surface area contributed by atoms with E-state index in [4.69, 9.17) is 15.2 Å². The standard InChI is InChI=1S/C27H45NO3/c1-16-7-10-27(30-15-16)17(2)23-22(31-27)13-21-19-6-5-18-14-26(28,29)12-11-24(18,3)20(19)8-9-25(21,23)4/h16-23,29H,5-15,28H2,1-4H3/t16-,17-,18+,19+,20-,21-,22-,23-,24-,25-,26-,27+/m0/s1. The van der Waals surface area contributed by atoms with Crippen molar-refractivity contribution < 1.29 is 14.6 Å². The highest BCUT2D eigenvalue weighted by Crippen LogP contribution is 2.71. The van der Waals surface area contributed by atoms with Gasteiger partial charge in [-0.1, -0.05) is 27.7 Å². The number of fused-ring (bicyclic) bond motifs is 7. The van der Waals surface area contributed by atoms with E-state index in [1.165, 1.54) is 38.5 Å². The molecule has 0 amide bonds. The van der Waals surface area contributed by atoms with Gasteiger partial charge in [0.1, 0.15) is 5.72 Å². The van der Waals surface area contributed by atoms with Crippen molar-refractivity contribution in [2.24, 2.45) is 58.0 Å². The zero-order valence-electron chi connectivity index (χ0n) is 20.2. The highest BCUT2D eigenvalue weighted by molar-refractivity contribution is 5.15. The molecule has 6 fully saturated rings. The van der Waals surface area contributed by atoms with Gasteiger partial charge >= 0.3 is 0 Å². The zero-order chi connectivity index (χ0) is 21.8. The van der Waals surface area contributed by atoms with Crippen LogP contribution >= 0.6 is 0 Å². The Labute approximate surface area is 189 Å². The molecule has 12 atom stereocenters. The Bertz CT molecular complexity index is 730. The van der Waals surface area contributed by atoms with Crippen LogP contribution in [-0.4, -0.2) is 29.3 Å². The third-order valence-electron chi connectivity index (χ3n) is 12.0. The summed E-state index contributed by atoms with van der Waals surface area (Å²) < 4.78 is 13.4. The van der Waals surface area contributed by atoms with Crippen LogP contribution in [0.4, 0.5) is 0 Å². The second-order valence-corrected chi connectivity index (χ2v) is 13.5. The zero-order valence-corrected chi connectivity index (χ0v) is 20.2. The van der Waals surface area contributed by atoms with Gasteiger partial charge in [-0.05, 0) is 104 Å². The van der Waals surface area contributed by atoms with Crippen molar-refractivity contribution in [2.45, 2.75) is 110 Å². The molecule has 4 aliphatic carbocycles. The molecular formula is C27H45NO3. The predicted molar refractivity (Wildman–Crippen MR) is 121 cm³/mol. The first-order valence-corrected chi connectivity index (χ1v) is 13.4. The minimum Gasteiger partial charge on any atom is -0.376 e. The van der Waals surface area contributed by atoms with Crippen LogP contribution in [0.15, 0.2) is 0 Å². The normalized spacial score (nSPS) is 63.3. The summed E-state index contributed by atoms with van der Waals surface area (Å²) in [5, 5.41) is 10.5. The maximum absolute atomic E-state index is 10.5. The lowest BCUT2D eigenvalue weighted by atomic mass is 9.44. The molecular weight excluding hydrogens is 386 g/mol. The fraction of sp³-hybridized carbons (Fsp3) is 1.00. The summed E-state index contributed by atoms with van der Waals surface area (Å²) >= 11 is 0. The molecule has 4 saturated carbocycles. The van der Waals surface area contributed by atoms with Gasteiger partial charge in [0.15, 0.2) is 5.79 Å². The number of hydrogen-bond acceptors (Lipinski definition) is 4. The fourth-order valence-electron chi connectivity index (χ4n) is 10.3.